The fourth-order valence-electron chi connectivity index (χ4n) is 2.71. The molecular formula is C20H29N5O2S. The van der Waals surface area contributed by atoms with Crippen molar-refractivity contribution in [2.24, 2.45) is 5.41 Å². The van der Waals surface area contributed by atoms with Crippen molar-refractivity contribution in [2.45, 2.75) is 47.0 Å². The van der Waals surface area contributed by atoms with Gasteiger partial charge in [-0.15, -0.1) is 0 Å². The molecule has 0 aliphatic heterocycles. The van der Waals surface area contributed by atoms with E-state index in [-0.39, 0.29) is 17.2 Å². The average Bonchev–Trinajstić information content (AvgIpc) is 2.93. The largest absolute Gasteiger partial charge is 0.389 e. The van der Waals surface area contributed by atoms with Crippen LogP contribution < -0.4 is 11.1 Å². The highest BCUT2D eigenvalue weighted by atomic mass is 32.1. The summed E-state index contributed by atoms with van der Waals surface area (Å²) >= 11 is 1.11. The highest BCUT2D eigenvalue weighted by molar-refractivity contribution is 7.10. The standard InChI is InChI=1S/C20H29N5O2S/c1-13-17(18(21)28-24-13)19(27)23-15-9-8-14(22-12-15)7-6-10-25(5)16(26)11-20(2,3)4/h8-9,12H,6-7,10-11,21H2,1-5H3,(H,23,27). The molecule has 0 spiro atoms. The molecule has 0 bridgehead atoms. The highest BCUT2D eigenvalue weighted by Gasteiger charge is 2.19. The molecule has 152 valence electrons. The second-order valence-electron chi connectivity index (χ2n) is 8.16. The van der Waals surface area contributed by atoms with Gasteiger partial charge in [0.1, 0.15) is 5.00 Å². The summed E-state index contributed by atoms with van der Waals surface area (Å²) in [4.78, 5) is 30.6. The van der Waals surface area contributed by atoms with E-state index in [2.05, 4.69) is 35.4 Å². The van der Waals surface area contributed by atoms with E-state index in [4.69, 9.17) is 5.73 Å². The first-order valence-electron chi connectivity index (χ1n) is 9.29. The van der Waals surface area contributed by atoms with E-state index in [0.717, 1.165) is 30.1 Å². The Hall–Kier alpha value is -2.48. The normalized spacial score (nSPS) is 11.3. The van der Waals surface area contributed by atoms with Gasteiger partial charge in [-0.3, -0.25) is 14.6 Å². The Morgan fingerprint density at radius 2 is 2.00 bits per heavy atom. The number of hydrogen-bond donors (Lipinski definition) is 2. The molecule has 0 saturated heterocycles. The molecule has 2 aromatic rings. The fourth-order valence-corrected chi connectivity index (χ4v) is 3.37. The number of nitrogens with zero attached hydrogens (tertiary/aromatic N) is 3. The summed E-state index contributed by atoms with van der Waals surface area (Å²) in [5, 5.41) is 3.20. The van der Waals surface area contributed by atoms with Gasteiger partial charge in [0.15, 0.2) is 0 Å². The van der Waals surface area contributed by atoms with E-state index < -0.39 is 0 Å². The van der Waals surface area contributed by atoms with Crippen LogP contribution in [0.25, 0.3) is 0 Å². The lowest BCUT2D eigenvalue weighted by atomic mass is 9.91. The monoisotopic (exact) mass is 403 g/mol. The minimum atomic E-state index is -0.280. The van der Waals surface area contributed by atoms with Crippen molar-refractivity contribution in [3.8, 4) is 0 Å². The summed E-state index contributed by atoms with van der Waals surface area (Å²) in [5.74, 6) is -0.117. The lowest BCUT2D eigenvalue weighted by Crippen LogP contribution is -2.31. The first-order valence-corrected chi connectivity index (χ1v) is 10.1. The van der Waals surface area contributed by atoms with E-state index in [1.165, 1.54) is 0 Å². The van der Waals surface area contributed by atoms with Gasteiger partial charge < -0.3 is 16.0 Å². The summed E-state index contributed by atoms with van der Waals surface area (Å²) in [5.41, 5.74) is 8.36. The van der Waals surface area contributed by atoms with Gasteiger partial charge in [0, 0.05) is 25.7 Å². The van der Waals surface area contributed by atoms with Gasteiger partial charge in [-0.25, -0.2) is 0 Å². The Kier molecular flexibility index (Phi) is 7.12. The number of amides is 2. The second kappa shape index (κ2) is 9.14. The van der Waals surface area contributed by atoms with Gasteiger partial charge >= 0.3 is 0 Å². The van der Waals surface area contributed by atoms with Crippen molar-refractivity contribution in [1.82, 2.24) is 14.3 Å². The third-order valence-corrected chi connectivity index (χ3v) is 5.00. The van der Waals surface area contributed by atoms with Gasteiger partial charge in [-0.1, -0.05) is 20.8 Å². The van der Waals surface area contributed by atoms with Crippen molar-refractivity contribution in [1.29, 1.82) is 0 Å². The minimum Gasteiger partial charge on any atom is -0.389 e. The number of aryl methyl sites for hydroxylation is 2. The van der Waals surface area contributed by atoms with E-state index >= 15 is 0 Å². The Labute approximate surface area is 170 Å². The molecule has 0 saturated carbocycles. The van der Waals surface area contributed by atoms with Crippen molar-refractivity contribution >= 4 is 34.0 Å². The predicted molar refractivity (Wildman–Crippen MR) is 113 cm³/mol. The van der Waals surface area contributed by atoms with Gasteiger partial charge in [0.25, 0.3) is 5.91 Å². The van der Waals surface area contributed by atoms with E-state index in [1.54, 1.807) is 18.0 Å². The minimum absolute atomic E-state index is 0.00451. The summed E-state index contributed by atoms with van der Waals surface area (Å²) in [6.45, 7) is 8.64. The zero-order valence-electron chi connectivity index (χ0n) is 17.2. The van der Waals surface area contributed by atoms with Gasteiger partial charge in [-0.05, 0) is 48.8 Å². The maximum atomic E-state index is 12.3. The van der Waals surface area contributed by atoms with Gasteiger partial charge in [0.05, 0.1) is 23.1 Å². The van der Waals surface area contributed by atoms with Crippen LogP contribution in [0.15, 0.2) is 18.3 Å². The average molecular weight is 404 g/mol. The molecule has 2 aromatic heterocycles. The number of nitrogen functional groups attached to an aromatic ring is 1. The number of carbonyl (C=O) groups is 2. The summed E-state index contributed by atoms with van der Waals surface area (Å²) in [6, 6.07) is 3.70. The first kappa shape index (κ1) is 21.8. The molecule has 3 N–H and O–H groups in total. The maximum Gasteiger partial charge on any atom is 0.260 e. The lowest BCUT2D eigenvalue weighted by molar-refractivity contribution is -0.131. The van der Waals surface area contributed by atoms with Gasteiger partial charge in [-0.2, -0.15) is 4.37 Å². The summed E-state index contributed by atoms with van der Waals surface area (Å²) in [7, 11) is 1.84. The van der Waals surface area contributed by atoms with Crippen LogP contribution in [0.3, 0.4) is 0 Å². The van der Waals surface area contributed by atoms with Crippen LogP contribution in [-0.2, 0) is 11.2 Å². The zero-order chi connectivity index (χ0) is 20.9. The molecule has 8 heteroatoms. The molecular weight excluding hydrogens is 374 g/mol. The molecule has 2 rings (SSSR count). The molecule has 7 nitrogen and oxygen atoms in total. The summed E-state index contributed by atoms with van der Waals surface area (Å²) in [6.07, 6.45) is 3.77. The van der Waals surface area contributed by atoms with Crippen molar-refractivity contribution < 1.29 is 9.59 Å². The Morgan fingerprint density at radius 3 is 2.54 bits per heavy atom. The highest BCUT2D eigenvalue weighted by Crippen LogP contribution is 2.22. The molecule has 2 heterocycles. The van der Waals surface area contributed by atoms with Crippen LogP contribution in [0, 0.1) is 12.3 Å². The molecule has 28 heavy (non-hydrogen) atoms. The van der Waals surface area contributed by atoms with Crippen LogP contribution in [0.5, 0.6) is 0 Å². The Morgan fingerprint density at radius 1 is 1.29 bits per heavy atom. The molecule has 0 unspecified atom stereocenters. The maximum absolute atomic E-state index is 12.3. The molecule has 0 fully saturated rings. The van der Waals surface area contributed by atoms with Crippen LogP contribution in [-0.4, -0.2) is 39.7 Å². The van der Waals surface area contributed by atoms with Crippen molar-refractivity contribution in [3.63, 3.8) is 0 Å². The molecule has 0 radical (unpaired) electrons. The number of carbonyl (C=O) groups excluding carboxylic acids is 2. The number of aromatic nitrogens is 2. The van der Waals surface area contributed by atoms with Crippen molar-refractivity contribution in [2.75, 3.05) is 24.6 Å². The topological polar surface area (TPSA) is 101 Å². The van der Waals surface area contributed by atoms with Crippen molar-refractivity contribution in [3.05, 3.63) is 35.3 Å². The quantitative estimate of drug-likeness (QED) is 0.737. The zero-order valence-corrected chi connectivity index (χ0v) is 18.0. The van der Waals surface area contributed by atoms with Crippen LogP contribution >= 0.6 is 11.5 Å². The number of nitrogens with two attached hydrogens (primary N) is 1. The number of nitrogens with one attached hydrogen (secondary N) is 1. The fraction of sp³-hybridized carbons (Fsp3) is 0.500. The van der Waals surface area contributed by atoms with E-state index in [9.17, 15) is 9.59 Å². The number of rotatable bonds is 7. The van der Waals surface area contributed by atoms with Crippen LogP contribution in [0.4, 0.5) is 10.7 Å². The molecule has 0 aliphatic carbocycles. The molecule has 0 atom stereocenters. The van der Waals surface area contributed by atoms with Crippen LogP contribution in [0.2, 0.25) is 0 Å². The van der Waals surface area contributed by atoms with E-state index in [0.29, 0.717) is 34.9 Å². The molecule has 0 aromatic carbocycles. The second-order valence-corrected chi connectivity index (χ2v) is 8.96. The number of anilines is 2. The third kappa shape index (κ3) is 6.30. The molecule has 0 aliphatic rings. The van der Waals surface area contributed by atoms with Gasteiger partial charge in [0.2, 0.25) is 5.91 Å². The predicted octanol–water partition coefficient (Wildman–Crippen LogP) is 3.51. The smallest absolute Gasteiger partial charge is 0.260 e. The number of pyridine rings is 1. The SMILES string of the molecule is Cc1nsc(N)c1C(=O)Nc1ccc(CCCN(C)C(=O)CC(C)(C)C)nc1. The lowest BCUT2D eigenvalue weighted by Gasteiger charge is -2.23. The summed E-state index contributed by atoms with van der Waals surface area (Å²) < 4.78 is 4.08. The molecule has 2 amide bonds. The first-order chi connectivity index (χ1) is 13.1. The Balaban J connectivity index is 1.83. The Bertz CT molecular complexity index is 805. The number of hydrogen-bond acceptors (Lipinski definition) is 6. The van der Waals surface area contributed by atoms with Crippen LogP contribution in [0.1, 0.15) is 55.4 Å². The third-order valence-electron chi connectivity index (χ3n) is 4.23. The van der Waals surface area contributed by atoms with E-state index in [1.807, 2.05) is 19.2 Å².